The largest absolute Gasteiger partial charge is 0.365 e. The standard InChI is InChI=1S/C15H20FN3O3/c1-2-8-17-15(20)11-5-4-9-18(10-11)13-7-3-6-12(16)14(13)19(21)22/h3,6-7,11H,2,4-5,8-10H2,1H3,(H,17,20). The van der Waals surface area contributed by atoms with Crippen LogP contribution in [0.4, 0.5) is 15.8 Å². The molecule has 7 heteroatoms. The molecule has 1 N–H and O–H groups in total. The lowest BCUT2D eigenvalue weighted by Gasteiger charge is -2.33. The van der Waals surface area contributed by atoms with Gasteiger partial charge in [-0.2, -0.15) is 4.39 Å². The van der Waals surface area contributed by atoms with E-state index in [-0.39, 0.29) is 17.5 Å². The summed E-state index contributed by atoms with van der Waals surface area (Å²) in [6.45, 7) is 3.56. The summed E-state index contributed by atoms with van der Waals surface area (Å²) in [4.78, 5) is 24.2. The van der Waals surface area contributed by atoms with Crippen LogP contribution in [0.15, 0.2) is 18.2 Å². The van der Waals surface area contributed by atoms with Crippen molar-refractivity contribution < 1.29 is 14.1 Å². The second kappa shape index (κ2) is 7.20. The summed E-state index contributed by atoms with van der Waals surface area (Å²) in [6, 6.07) is 4.07. The SMILES string of the molecule is CCCNC(=O)C1CCCN(c2cccc(F)c2[N+](=O)[O-])C1. The number of benzene rings is 1. The van der Waals surface area contributed by atoms with Crippen molar-refractivity contribution in [3.05, 3.63) is 34.1 Å². The van der Waals surface area contributed by atoms with Gasteiger partial charge in [-0.3, -0.25) is 14.9 Å². The zero-order valence-corrected chi connectivity index (χ0v) is 12.5. The third-order valence-corrected chi connectivity index (χ3v) is 3.83. The Morgan fingerprint density at radius 1 is 1.55 bits per heavy atom. The third kappa shape index (κ3) is 3.52. The fourth-order valence-electron chi connectivity index (χ4n) is 2.74. The topological polar surface area (TPSA) is 75.5 Å². The Bertz CT molecular complexity index is 565. The molecule has 22 heavy (non-hydrogen) atoms. The van der Waals surface area contributed by atoms with E-state index in [1.165, 1.54) is 12.1 Å². The van der Waals surface area contributed by atoms with Gasteiger partial charge in [0.05, 0.1) is 10.8 Å². The monoisotopic (exact) mass is 309 g/mol. The van der Waals surface area contributed by atoms with E-state index < -0.39 is 16.4 Å². The Kier molecular flexibility index (Phi) is 5.30. The minimum Gasteiger partial charge on any atom is -0.365 e. The van der Waals surface area contributed by atoms with Crippen molar-refractivity contribution in [2.24, 2.45) is 5.92 Å². The number of amides is 1. The molecular weight excluding hydrogens is 289 g/mol. The van der Waals surface area contributed by atoms with Crippen LogP contribution in [0.2, 0.25) is 0 Å². The maximum atomic E-state index is 13.7. The first-order valence-electron chi connectivity index (χ1n) is 7.50. The smallest absolute Gasteiger partial charge is 0.327 e. The van der Waals surface area contributed by atoms with Crippen molar-refractivity contribution in [3.63, 3.8) is 0 Å². The molecule has 1 heterocycles. The van der Waals surface area contributed by atoms with Gasteiger partial charge in [0.2, 0.25) is 11.7 Å². The van der Waals surface area contributed by atoms with Gasteiger partial charge in [0.25, 0.3) is 0 Å². The molecule has 1 aliphatic rings. The second-order valence-corrected chi connectivity index (χ2v) is 5.44. The first-order chi connectivity index (χ1) is 10.5. The molecule has 1 unspecified atom stereocenters. The Balaban J connectivity index is 2.18. The van der Waals surface area contributed by atoms with Crippen LogP contribution < -0.4 is 10.2 Å². The molecule has 0 bridgehead atoms. The number of piperidine rings is 1. The zero-order valence-electron chi connectivity index (χ0n) is 12.5. The van der Waals surface area contributed by atoms with E-state index in [1.807, 2.05) is 6.92 Å². The van der Waals surface area contributed by atoms with Gasteiger partial charge in [-0.25, -0.2) is 0 Å². The summed E-state index contributed by atoms with van der Waals surface area (Å²) in [6.07, 6.45) is 2.35. The molecule has 0 saturated carbocycles. The van der Waals surface area contributed by atoms with Crippen LogP contribution in [0.1, 0.15) is 26.2 Å². The molecule has 120 valence electrons. The van der Waals surface area contributed by atoms with E-state index in [9.17, 15) is 19.3 Å². The molecule has 1 aliphatic heterocycles. The predicted molar refractivity (Wildman–Crippen MR) is 81.3 cm³/mol. The van der Waals surface area contributed by atoms with Crippen LogP contribution in [-0.4, -0.2) is 30.5 Å². The van der Waals surface area contributed by atoms with Gasteiger partial charge >= 0.3 is 5.69 Å². The van der Waals surface area contributed by atoms with Crippen molar-refractivity contribution in [1.82, 2.24) is 5.32 Å². The van der Waals surface area contributed by atoms with E-state index in [0.717, 1.165) is 25.3 Å². The zero-order chi connectivity index (χ0) is 16.1. The van der Waals surface area contributed by atoms with Crippen LogP contribution in [0.5, 0.6) is 0 Å². The Labute approximate surface area is 128 Å². The summed E-state index contributed by atoms with van der Waals surface area (Å²) in [5.74, 6) is -1.10. The molecule has 0 aromatic heterocycles. The number of rotatable bonds is 5. The van der Waals surface area contributed by atoms with E-state index in [1.54, 1.807) is 4.90 Å². The number of hydrogen-bond acceptors (Lipinski definition) is 4. The molecule has 0 spiro atoms. The fraction of sp³-hybridized carbons (Fsp3) is 0.533. The van der Waals surface area contributed by atoms with Gasteiger partial charge in [0.1, 0.15) is 5.69 Å². The minimum atomic E-state index is -0.847. The molecule has 1 saturated heterocycles. The van der Waals surface area contributed by atoms with Gasteiger partial charge in [0.15, 0.2) is 0 Å². The number of halogens is 1. The number of nitrogens with one attached hydrogen (secondary N) is 1. The quantitative estimate of drug-likeness (QED) is 0.669. The molecule has 0 radical (unpaired) electrons. The van der Waals surface area contributed by atoms with E-state index >= 15 is 0 Å². The van der Waals surface area contributed by atoms with Crippen LogP contribution in [-0.2, 0) is 4.79 Å². The molecule has 2 rings (SSSR count). The Hall–Kier alpha value is -2.18. The number of anilines is 1. The number of nitro groups is 1. The highest BCUT2D eigenvalue weighted by Gasteiger charge is 2.30. The molecule has 1 amide bonds. The van der Waals surface area contributed by atoms with E-state index in [4.69, 9.17) is 0 Å². The maximum Gasteiger partial charge on any atom is 0.327 e. The Morgan fingerprint density at radius 2 is 2.32 bits per heavy atom. The van der Waals surface area contributed by atoms with Crippen LogP contribution >= 0.6 is 0 Å². The predicted octanol–water partition coefficient (Wildman–Crippen LogP) is 2.48. The number of carbonyl (C=O) groups excluding carboxylic acids is 1. The fourth-order valence-corrected chi connectivity index (χ4v) is 2.74. The van der Waals surface area contributed by atoms with Gasteiger partial charge in [-0.05, 0) is 31.4 Å². The minimum absolute atomic E-state index is 0.0365. The van der Waals surface area contributed by atoms with Gasteiger partial charge in [0, 0.05) is 19.6 Å². The average Bonchev–Trinajstić information content (AvgIpc) is 2.52. The third-order valence-electron chi connectivity index (χ3n) is 3.83. The summed E-state index contributed by atoms with van der Waals surface area (Å²) in [5.41, 5.74) is -0.268. The lowest BCUT2D eigenvalue weighted by atomic mass is 9.96. The molecular formula is C15H20FN3O3. The molecule has 1 fully saturated rings. The van der Waals surface area contributed by atoms with E-state index in [0.29, 0.717) is 19.6 Å². The van der Waals surface area contributed by atoms with Crippen LogP contribution in [0.25, 0.3) is 0 Å². The van der Waals surface area contributed by atoms with Gasteiger partial charge in [-0.15, -0.1) is 0 Å². The number of nitrogens with zero attached hydrogens (tertiary/aromatic N) is 2. The average molecular weight is 309 g/mol. The van der Waals surface area contributed by atoms with Crippen molar-refractivity contribution in [3.8, 4) is 0 Å². The summed E-state index contributed by atoms with van der Waals surface area (Å²) in [7, 11) is 0. The highest BCUT2D eigenvalue weighted by atomic mass is 19.1. The molecule has 1 aromatic rings. The second-order valence-electron chi connectivity index (χ2n) is 5.44. The summed E-state index contributed by atoms with van der Waals surface area (Å²) < 4.78 is 13.7. The first kappa shape index (κ1) is 16.2. The maximum absolute atomic E-state index is 13.7. The number of hydrogen-bond donors (Lipinski definition) is 1. The summed E-state index contributed by atoms with van der Waals surface area (Å²) in [5, 5.41) is 14.0. The Morgan fingerprint density at radius 3 is 3.00 bits per heavy atom. The molecule has 6 nitrogen and oxygen atoms in total. The van der Waals surface area contributed by atoms with Gasteiger partial charge < -0.3 is 10.2 Å². The first-order valence-corrected chi connectivity index (χ1v) is 7.50. The van der Waals surface area contributed by atoms with E-state index in [2.05, 4.69) is 5.32 Å². The molecule has 1 aromatic carbocycles. The lowest BCUT2D eigenvalue weighted by Crippen LogP contribution is -2.43. The number of para-hydroxylation sites is 1. The highest BCUT2D eigenvalue weighted by Crippen LogP contribution is 2.33. The molecule has 1 atom stereocenters. The van der Waals surface area contributed by atoms with Crippen LogP contribution in [0.3, 0.4) is 0 Å². The number of carbonyl (C=O) groups is 1. The van der Waals surface area contributed by atoms with Crippen molar-refractivity contribution in [2.45, 2.75) is 26.2 Å². The molecule has 0 aliphatic carbocycles. The van der Waals surface area contributed by atoms with Crippen molar-refractivity contribution in [1.29, 1.82) is 0 Å². The summed E-state index contributed by atoms with van der Waals surface area (Å²) >= 11 is 0. The van der Waals surface area contributed by atoms with Crippen LogP contribution in [0, 0.1) is 21.8 Å². The normalized spacial score (nSPS) is 18.1. The van der Waals surface area contributed by atoms with Gasteiger partial charge in [-0.1, -0.05) is 13.0 Å². The lowest BCUT2D eigenvalue weighted by molar-refractivity contribution is -0.386. The van der Waals surface area contributed by atoms with Crippen molar-refractivity contribution >= 4 is 17.3 Å². The highest BCUT2D eigenvalue weighted by molar-refractivity contribution is 5.80. The number of nitro benzene ring substituents is 1. The van der Waals surface area contributed by atoms with Crippen molar-refractivity contribution in [2.75, 3.05) is 24.5 Å².